The van der Waals surface area contributed by atoms with E-state index in [0.29, 0.717) is 23.4 Å². The molecule has 1 aliphatic rings. The van der Waals surface area contributed by atoms with Gasteiger partial charge in [0.15, 0.2) is 0 Å². The van der Waals surface area contributed by atoms with Gasteiger partial charge in [-0.2, -0.15) is 0 Å². The third-order valence-electron chi connectivity index (χ3n) is 3.17. The van der Waals surface area contributed by atoms with E-state index < -0.39 is 9.84 Å². The number of anilines is 1. The third-order valence-corrected chi connectivity index (χ3v) is 5.41. The Morgan fingerprint density at radius 1 is 1.37 bits per heavy atom. The monoisotopic (exact) mass is 318 g/mol. The topological polar surface area (TPSA) is 72.2 Å². The van der Waals surface area contributed by atoms with Crippen molar-refractivity contribution in [2.75, 3.05) is 16.8 Å². The van der Waals surface area contributed by atoms with Gasteiger partial charge in [-0.1, -0.05) is 29.9 Å². The second-order valence-electron chi connectivity index (χ2n) is 4.60. The summed E-state index contributed by atoms with van der Waals surface area (Å²) in [6, 6.07) is 5.50. The minimum atomic E-state index is -2.86. The Balaban J connectivity index is 2.16. The first-order chi connectivity index (χ1) is 8.89. The molecule has 0 unspecified atom stereocenters. The van der Waals surface area contributed by atoms with Crippen LogP contribution in [0.1, 0.15) is 18.4 Å². The molecule has 0 aliphatic carbocycles. The van der Waals surface area contributed by atoms with Gasteiger partial charge in [0, 0.05) is 11.7 Å². The van der Waals surface area contributed by atoms with Crippen LogP contribution >= 0.6 is 23.8 Å². The van der Waals surface area contributed by atoms with Crippen LogP contribution in [-0.4, -0.2) is 31.0 Å². The summed E-state index contributed by atoms with van der Waals surface area (Å²) in [4.78, 5) is 0.233. The molecule has 7 heteroatoms. The van der Waals surface area contributed by atoms with Crippen molar-refractivity contribution < 1.29 is 8.42 Å². The van der Waals surface area contributed by atoms with Crippen molar-refractivity contribution in [3.05, 3.63) is 28.8 Å². The lowest BCUT2D eigenvalue weighted by Crippen LogP contribution is -2.32. The van der Waals surface area contributed by atoms with Crippen molar-refractivity contribution in [2.45, 2.75) is 18.9 Å². The maximum Gasteiger partial charge on any atom is 0.150 e. The quantitative estimate of drug-likeness (QED) is 0.834. The van der Waals surface area contributed by atoms with E-state index in [1.54, 1.807) is 6.07 Å². The molecule has 0 bridgehead atoms. The number of rotatable bonds is 3. The summed E-state index contributed by atoms with van der Waals surface area (Å²) in [5.74, 6) is 0.432. The number of benzene rings is 1. The van der Waals surface area contributed by atoms with E-state index in [2.05, 4.69) is 5.32 Å². The standard InChI is InChI=1S/C12H15ClN2O2S2/c13-9-2-1-3-10(11(9)12(14)18)15-8-4-6-19(16,17)7-5-8/h1-3,8,15H,4-7H2,(H2,14,18). The van der Waals surface area contributed by atoms with Crippen LogP contribution in [0.2, 0.25) is 5.02 Å². The predicted molar refractivity (Wildman–Crippen MR) is 82.6 cm³/mol. The number of hydrogen-bond donors (Lipinski definition) is 2. The first-order valence-corrected chi connectivity index (χ1v) is 8.55. The SMILES string of the molecule is NC(=S)c1c(Cl)cccc1NC1CCS(=O)(=O)CC1. The number of sulfone groups is 1. The van der Waals surface area contributed by atoms with Gasteiger partial charge < -0.3 is 11.1 Å². The molecule has 0 amide bonds. The van der Waals surface area contributed by atoms with Crippen LogP contribution in [0.5, 0.6) is 0 Å². The highest BCUT2D eigenvalue weighted by atomic mass is 35.5. The molecule has 1 aliphatic heterocycles. The number of hydrogen-bond acceptors (Lipinski definition) is 4. The number of nitrogens with two attached hydrogens (primary N) is 1. The lowest BCUT2D eigenvalue weighted by atomic mass is 10.1. The summed E-state index contributed by atoms with van der Waals surface area (Å²) in [5, 5.41) is 3.79. The fourth-order valence-corrected chi connectivity index (χ4v) is 4.19. The Morgan fingerprint density at radius 3 is 2.58 bits per heavy atom. The largest absolute Gasteiger partial charge is 0.389 e. The summed E-state index contributed by atoms with van der Waals surface area (Å²) in [6.07, 6.45) is 1.18. The van der Waals surface area contributed by atoms with Gasteiger partial charge in [0.2, 0.25) is 0 Å². The molecule has 0 atom stereocenters. The highest BCUT2D eigenvalue weighted by Crippen LogP contribution is 2.26. The van der Waals surface area contributed by atoms with E-state index in [1.165, 1.54) is 0 Å². The summed E-state index contributed by atoms with van der Waals surface area (Å²) in [7, 11) is -2.86. The molecule has 1 aromatic carbocycles. The van der Waals surface area contributed by atoms with Crippen molar-refractivity contribution in [3.8, 4) is 0 Å². The average molecular weight is 319 g/mol. The zero-order chi connectivity index (χ0) is 14.0. The number of nitrogens with one attached hydrogen (secondary N) is 1. The minimum Gasteiger partial charge on any atom is -0.389 e. The van der Waals surface area contributed by atoms with Gasteiger partial charge in [-0.15, -0.1) is 0 Å². The average Bonchev–Trinajstić information content (AvgIpc) is 2.31. The molecular weight excluding hydrogens is 304 g/mol. The maximum atomic E-state index is 11.4. The summed E-state index contributed by atoms with van der Waals surface area (Å²) in [5.41, 5.74) is 7.06. The van der Waals surface area contributed by atoms with E-state index in [9.17, 15) is 8.42 Å². The van der Waals surface area contributed by atoms with Crippen molar-refractivity contribution in [1.82, 2.24) is 0 Å². The zero-order valence-corrected chi connectivity index (χ0v) is 12.6. The van der Waals surface area contributed by atoms with E-state index in [0.717, 1.165) is 5.69 Å². The highest BCUT2D eigenvalue weighted by Gasteiger charge is 2.24. The van der Waals surface area contributed by atoms with Crippen LogP contribution in [0.4, 0.5) is 5.69 Å². The van der Waals surface area contributed by atoms with E-state index >= 15 is 0 Å². The molecule has 0 spiro atoms. The fraction of sp³-hybridized carbons (Fsp3) is 0.417. The second kappa shape index (κ2) is 5.64. The molecule has 1 aromatic rings. The van der Waals surface area contributed by atoms with Gasteiger partial charge in [0.25, 0.3) is 0 Å². The minimum absolute atomic E-state index is 0.107. The zero-order valence-electron chi connectivity index (χ0n) is 10.2. The smallest absolute Gasteiger partial charge is 0.150 e. The molecule has 4 nitrogen and oxygen atoms in total. The van der Waals surface area contributed by atoms with E-state index in [1.807, 2.05) is 12.1 Å². The van der Waals surface area contributed by atoms with Crippen LogP contribution in [-0.2, 0) is 9.84 Å². The lowest BCUT2D eigenvalue weighted by Gasteiger charge is -2.25. The summed E-state index contributed by atoms with van der Waals surface area (Å²) in [6.45, 7) is 0. The molecule has 3 N–H and O–H groups in total. The van der Waals surface area contributed by atoms with E-state index in [4.69, 9.17) is 29.6 Å². The van der Waals surface area contributed by atoms with Gasteiger partial charge >= 0.3 is 0 Å². The van der Waals surface area contributed by atoms with Gasteiger partial charge in [-0.05, 0) is 25.0 Å². The molecule has 19 heavy (non-hydrogen) atoms. The van der Waals surface area contributed by atoms with Crippen LogP contribution in [0.25, 0.3) is 0 Å². The Kier molecular flexibility index (Phi) is 4.32. The summed E-state index contributed by atoms with van der Waals surface area (Å²) >= 11 is 11.1. The van der Waals surface area contributed by atoms with Crippen LogP contribution in [0, 0.1) is 0 Å². The lowest BCUT2D eigenvalue weighted by molar-refractivity contribution is 0.559. The van der Waals surface area contributed by atoms with Crippen LogP contribution < -0.4 is 11.1 Å². The number of halogens is 1. The molecular formula is C12H15ClN2O2S2. The molecule has 104 valence electrons. The van der Waals surface area contributed by atoms with Crippen molar-refractivity contribution in [3.63, 3.8) is 0 Å². The maximum absolute atomic E-state index is 11.4. The van der Waals surface area contributed by atoms with Gasteiger partial charge in [-0.3, -0.25) is 0 Å². The first kappa shape index (κ1) is 14.6. The Labute approximate surface area is 123 Å². The van der Waals surface area contributed by atoms with Gasteiger partial charge in [-0.25, -0.2) is 8.42 Å². The molecule has 0 saturated carbocycles. The molecule has 1 fully saturated rings. The Hall–Kier alpha value is -0.850. The van der Waals surface area contributed by atoms with E-state index in [-0.39, 0.29) is 22.5 Å². The Morgan fingerprint density at radius 2 is 2.00 bits per heavy atom. The first-order valence-electron chi connectivity index (χ1n) is 5.94. The Bertz CT molecular complexity index is 588. The number of thiocarbonyl (C=S) groups is 1. The van der Waals surface area contributed by atoms with Crippen molar-refractivity contribution in [2.24, 2.45) is 5.73 Å². The van der Waals surface area contributed by atoms with Gasteiger partial charge in [0.05, 0.1) is 22.1 Å². The van der Waals surface area contributed by atoms with Crippen molar-refractivity contribution in [1.29, 1.82) is 0 Å². The third kappa shape index (κ3) is 3.58. The second-order valence-corrected chi connectivity index (χ2v) is 7.75. The predicted octanol–water partition coefficient (Wildman–Crippen LogP) is 1.96. The molecule has 1 saturated heterocycles. The molecule has 1 heterocycles. The van der Waals surface area contributed by atoms with Gasteiger partial charge in [0.1, 0.15) is 14.8 Å². The molecule has 0 aromatic heterocycles. The fourth-order valence-electron chi connectivity index (χ4n) is 2.15. The van der Waals surface area contributed by atoms with Crippen molar-refractivity contribution >= 4 is 44.3 Å². The molecule has 2 rings (SSSR count). The molecule has 0 radical (unpaired) electrons. The normalized spacial score (nSPS) is 19.0. The van der Waals surface area contributed by atoms with Crippen LogP contribution in [0.15, 0.2) is 18.2 Å². The highest BCUT2D eigenvalue weighted by molar-refractivity contribution is 7.91. The summed E-state index contributed by atoms with van der Waals surface area (Å²) < 4.78 is 22.8. The van der Waals surface area contributed by atoms with Crippen LogP contribution in [0.3, 0.4) is 0 Å².